The molecule has 1 aliphatic rings. The summed E-state index contributed by atoms with van der Waals surface area (Å²) in [6.07, 6.45) is 5.19. The molecule has 1 aromatic rings. The number of carbonyl (C=O) groups is 2. The van der Waals surface area contributed by atoms with Crippen LogP contribution in [0.5, 0.6) is 0 Å². The number of hydrogen-bond acceptors (Lipinski definition) is 4. The molecule has 0 unspecified atom stereocenters. The van der Waals surface area contributed by atoms with Gasteiger partial charge in [0.05, 0.1) is 11.1 Å². The number of aromatic nitrogens is 1. The van der Waals surface area contributed by atoms with Crippen molar-refractivity contribution in [2.45, 2.75) is 45.4 Å². The Kier molecular flexibility index (Phi) is 5.17. The van der Waals surface area contributed by atoms with Crippen molar-refractivity contribution in [2.24, 2.45) is 5.41 Å². The third-order valence-corrected chi connectivity index (χ3v) is 4.82. The van der Waals surface area contributed by atoms with E-state index in [9.17, 15) is 14.7 Å². The Bertz CT molecular complexity index is 507. The number of amides is 2. The fourth-order valence-corrected chi connectivity index (χ4v) is 3.36. The molecule has 2 amide bonds. The quantitative estimate of drug-likeness (QED) is 0.745. The predicted octanol–water partition coefficient (Wildman–Crippen LogP) is 3.00. The average Bonchev–Trinajstić information content (AvgIpc) is 2.71. The second-order valence-corrected chi connectivity index (χ2v) is 6.46. The van der Waals surface area contributed by atoms with Gasteiger partial charge >= 0.3 is 12.0 Å². The standard InChI is InChI=1S/C14H21N3O3S/c1-10-8-21-13(16-10)17-12(20)15-9-14(11(18)19)6-4-2-3-5-7-14/h8H,2-7,9H2,1H3,(H,18,19)(H2,15,16,17,20). The minimum Gasteiger partial charge on any atom is -0.481 e. The molecule has 1 aromatic heterocycles. The van der Waals surface area contributed by atoms with Gasteiger partial charge in [0, 0.05) is 11.9 Å². The summed E-state index contributed by atoms with van der Waals surface area (Å²) < 4.78 is 0. The number of nitrogens with one attached hydrogen (secondary N) is 2. The molecule has 0 atom stereocenters. The van der Waals surface area contributed by atoms with Gasteiger partial charge in [0.1, 0.15) is 0 Å². The van der Waals surface area contributed by atoms with Crippen LogP contribution in [0.15, 0.2) is 5.38 Å². The monoisotopic (exact) mass is 311 g/mol. The Balaban J connectivity index is 1.92. The minimum atomic E-state index is -0.827. The van der Waals surface area contributed by atoms with E-state index < -0.39 is 17.4 Å². The smallest absolute Gasteiger partial charge is 0.321 e. The molecule has 0 radical (unpaired) electrons. The number of rotatable bonds is 4. The highest BCUT2D eigenvalue weighted by molar-refractivity contribution is 7.13. The first-order valence-electron chi connectivity index (χ1n) is 7.22. The number of anilines is 1. The van der Waals surface area contributed by atoms with E-state index in [4.69, 9.17) is 0 Å². The molecule has 7 heteroatoms. The van der Waals surface area contributed by atoms with Gasteiger partial charge < -0.3 is 10.4 Å². The van der Waals surface area contributed by atoms with Crippen molar-refractivity contribution in [2.75, 3.05) is 11.9 Å². The van der Waals surface area contributed by atoms with Gasteiger partial charge in [-0.05, 0) is 19.8 Å². The summed E-state index contributed by atoms with van der Waals surface area (Å²) in [4.78, 5) is 27.6. The zero-order chi connectivity index (χ0) is 15.3. The van der Waals surface area contributed by atoms with E-state index in [0.717, 1.165) is 31.4 Å². The highest BCUT2D eigenvalue weighted by atomic mass is 32.1. The molecule has 0 bridgehead atoms. The summed E-state index contributed by atoms with van der Waals surface area (Å²) in [7, 11) is 0. The van der Waals surface area contributed by atoms with Gasteiger partial charge in [-0.2, -0.15) is 0 Å². The van der Waals surface area contributed by atoms with Crippen LogP contribution in [0.25, 0.3) is 0 Å². The fraction of sp³-hybridized carbons (Fsp3) is 0.643. The molecule has 1 fully saturated rings. The molecule has 6 nitrogen and oxygen atoms in total. The molecule has 1 aliphatic carbocycles. The lowest BCUT2D eigenvalue weighted by atomic mass is 9.80. The van der Waals surface area contributed by atoms with Crippen molar-refractivity contribution < 1.29 is 14.7 Å². The SMILES string of the molecule is Cc1csc(NC(=O)NCC2(C(=O)O)CCCCCC2)n1. The first kappa shape index (κ1) is 15.8. The second-order valence-electron chi connectivity index (χ2n) is 5.60. The molecule has 116 valence electrons. The topological polar surface area (TPSA) is 91.3 Å². The predicted molar refractivity (Wildman–Crippen MR) is 81.6 cm³/mol. The van der Waals surface area contributed by atoms with E-state index in [1.807, 2.05) is 12.3 Å². The highest BCUT2D eigenvalue weighted by Crippen LogP contribution is 2.34. The largest absolute Gasteiger partial charge is 0.481 e. The van der Waals surface area contributed by atoms with E-state index in [1.165, 1.54) is 11.3 Å². The molecule has 2 rings (SSSR count). The van der Waals surface area contributed by atoms with Gasteiger partial charge in [0.25, 0.3) is 0 Å². The van der Waals surface area contributed by atoms with Gasteiger partial charge in [0.2, 0.25) is 0 Å². The van der Waals surface area contributed by atoms with Crippen LogP contribution < -0.4 is 10.6 Å². The van der Waals surface area contributed by atoms with E-state index in [2.05, 4.69) is 15.6 Å². The summed E-state index contributed by atoms with van der Waals surface area (Å²) in [6, 6.07) is -0.394. The average molecular weight is 311 g/mol. The molecular formula is C14H21N3O3S. The summed E-state index contributed by atoms with van der Waals surface area (Å²) in [5.41, 5.74) is 0.0215. The lowest BCUT2D eigenvalue weighted by molar-refractivity contribution is -0.149. The van der Waals surface area contributed by atoms with Gasteiger partial charge in [-0.3, -0.25) is 10.1 Å². The lowest BCUT2D eigenvalue weighted by Crippen LogP contribution is -2.44. The summed E-state index contributed by atoms with van der Waals surface area (Å²) in [5, 5.41) is 17.2. The van der Waals surface area contributed by atoms with Crippen molar-refractivity contribution in [1.29, 1.82) is 0 Å². The summed E-state index contributed by atoms with van der Waals surface area (Å²) >= 11 is 1.35. The van der Waals surface area contributed by atoms with E-state index in [0.29, 0.717) is 18.0 Å². The third kappa shape index (κ3) is 4.17. The van der Waals surface area contributed by atoms with Crippen LogP contribution in [-0.4, -0.2) is 28.6 Å². The lowest BCUT2D eigenvalue weighted by Gasteiger charge is -2.28. The number of carboxylic acids is 1. The number of aryl methyl sites for hydroxylation is 1. The van der Waals surface area contributed by atoms with Gasteiger partial charge in [-0.1, -0.05) is 25.7 Å². The molecule has 0 aliphatic heterocycles. The van der Waals surface area contributed by atoms with E-state index >= 15 is 0 Å². The third-order valence-electron chi connectivity index (χ3n) is 3.94. The van der Waals surface area contributed by atoms with Crippen LogP contribution in [0.3, 0.4) is 0 Å². The molecule has 21 heavy (non-hydrogen) atoms. The van der Waals surface area contributed by atoms with Crippen molar-refractivity contribution >= 4 is 28.5 Å². The van der Waals surface area contributed by atoms with Crippen LogP contribution >= 0.6 is 11.3 Å². The maximum Gasteiger partial charge on any atom is 0.321 e. The number of aliphatic carboxylic acids is 1. The highest BCUT2D eigenvalue weighted by Gasteiger charge is 2.38. The van der Waals surface area contributed by atoms with Gasteiger partial charge in [0.15, 0.2) is 5.13 Å². The maximum atomic E-state index is 11.9. The zero-order valence-corrected chi connectivity index (χ0v) is 13.0. The molecule has 0 aromatic carbocycles. The molecule has 0 saturated heterocycles. The molecule has 1 heterocycles. The normalized spacial score (nSPS) is 17.8. The number of hydrogen-bond donors (Lipinski definition) is 3. The van der Waals surface area contributed by atoms with Crippen LogP contribution in [0.1, 0.15) is 44.2 Å². The van der Waals surface area contributed by atoms with E-state index in [1.54, 1.807) is 0 Å². The van der Waals surface area contributed by atoms with Crippen molar-refractivity contribution in [3.63, 3.8) is 0 Å². The zero-order valence-electron chi connectivity index (χ0n) is 12.1. The molecular weight excluding hydrogens is 290 g/mol. The number of carbonyl (C=O) groups excluding carboxylic acids is 1. The van der Waals surface area contributed by atoms with Crippen LogP contribution in [0.2, 0.25) is 0 Å². The molecule has 3 N–H and O–H groups in total. The Hall–Kier alpha value is -1.63. The number of carboxylic acid groups (broad SMARTS) is 1. The summed E-state index contributed by atoms with van der Waals surface area (Å²) in [6.45, 7) is 2.02. The first-order chi connectivity index (χ1) is 10.0. The van der Waals surface area contributed by atoms with Crippen LogP contribution in [-0.2, 0) is 4.79 Å². The van der Waals surface area contributed by atoms with Gasteiger partial charge in [-0.25, -0.2) is 9.78 Å². The van der Waals surface area contributed by atoms with Gasteiger partial charge in [-0.15, -0.1) is 11.3 Å². The first-order valence-corrected chi connectivity index (χ1v) is 8.10. The van der Waals surface area contributed by atoms with Crippen molar-refractivity contribution in [3.8, 4) is 0 Å². The second kappa shape index (κ2) is 6.89. The van der Waals surface area contributed by atoms with E-state index in [-0.39, 0.29) is 6.54 Å². The number of thiazole rings is 1. The Morgan fingerprint density at radius 2 is 2.00 bits per heavy atom. The number of urea groups is 1. The minimum absolute atomic E-state index is 0.165. The van der Waals surface area contributed by atoms with Crippen molar-refractivity contribution in [3.05, 3.63) is 11.1 Å². The van der Waals surface area contributed by atoms with Crippen molar-refractivity contribution in [1.82, 2.24) is 10.3 Å². The Morgan fingerprint density at radius 3 is 2.52 bits per heavy atom. The Labute approximate surface area is 128 Å². The summed E-state index contributed by atoms with van der Waals surface area (Å²) in [5.74, 6) is -0.810. The maximum absolute atomic E-state index is 11.9. The van der Waals surface area contributed by atoms with Crippen LogP contribution in [0.4, 0.5) is 9.93 Å². The number of nitrogens with zero attached hydrogens (tertiary/aromatic N) is 1. The Morgan fingerprint density at radius 1 is 1.33 bits per heavy atom. The fourth-order valence-electron chi connectivity index (χ4n) is 2.67. The molecule has 0 spiro atoms. The van der Waals surface area contributed by atoms with Crippen LogP contribution in [0, 0.1) is 12.3 Å². The molecule has 1 saturated carbocycles.